The zero-order valence-electron chi connectivity index (χ0n) is 12.3. The summed E-state index contributed by atoms with van der Waals surface area (Å²) in [4.78, 5) is 18.0. The van der Waals surface area contributed by atoms with Gasteiger partial charge >= 0.3 is 0 Å². The molecule has 1 aromatic carbocycles. The number of fused-ring (bicyclic) bond motifs is 1. The van der Waals surface area contributed by atoms with Gasteiger partial charge in [-0.25, -0.2) is 0 Å². The van der Waals surface area contributed by atoms with Crippen LogP contribution < -0.4 is 10.6 Å². The van der Waals surface area contributed by atoms with Gasteiger partial charge in [0.05, 0.1) is 6.54 Å². The first-order valence-corrected chi connectivity index (χ1v) is 7.71. The van der Waals surface area contributed by atoms with Crippen LogP contribution in [0.15, 0.2) is 22.7 Å². The van der Waals surface area contributed by atoms with Crippen LogP contribution in [0.4, 0.5) is 5.69 Å². The first-order chi connectivity index (χ1) is 10.7. The van der Waals surface area contributed by atoms with Crippen LogP contribution in [0.25, 0.3) is 0 Å². The highest BCUT2D eigenvalue weighted by atomic mass is 16.5. The Bertz CT molecular complexity index is 721. The Morgan fingerprint density at radius 2 is 2.27 bits per heavy atom. The van der Waals surface area contributed by atoms with Crippen molar-refractivity contribution in [2.75, 3.05) is 11.4 Å². The Morgan fingerprint density at radius 3 is 3.05 bits per heavy atom. The van der Waals surface area contributed by atoms with Gasteiger partial charge in [0.25, 0.3) is 0 Å². The molecule has 0 spiro atoms. The number of nitrogens with zero attached hydrogens (tertiary/aromatic N) is 3. The molecule has 114 valence electrons. The maximum atomic E-state index is 11.3. The van der Waals surface area contributed by atoms with E-state index in [4.69, 9.17) is 10.3 Å². The van der Waals surface area contributed by atoms with Crippen LogP contribution in [0.5, 0.6) is 0 Å². The fourth-order valence-corrected chi connectivity index (χ4v) is 2.99. The predicted molar refractivity (Wildman–Crippen MR) is 80.6 cm³/mol. The van der Waals surface area contributed by atoms with Gasteiger partial charge in [0.15, 0.2) is 5.82 Å². The van der Waals surface area contributed by atoms with Crippen molar-refractivity contribution in [3.05, 3.63) is 41.0 Å². The molecule has 1 aliphatic heterocycles. The Hall–Kier alpha value is -2.37. The summed E-state index contributed by atoms with van der Waals surface area (Å²) >= 11 is 0. The molecule has 4 rings (SSSR count). The van der Waals surface area contributed by atoms with Crippen LogP contribution in [0.2, 0.25) is 0 Å². The predicted octanol–water partition coefficient (Wildman–Crippen LogP) is 2.00. The quantitative estimate of drug-likeness (QED) is 0.933. The van der Waals surface area contributed by atoms with Gasteiger partial charge < -0.3 is 15.2 Å². The average Bonchev–Trinajstić information content (AvgIpc) is 3.27. The van der Waals surface area contributed by atoms with Crippen molar-refractivity contribution in [2.45, 2.75) is 38.1 Å². The number of nitrogens with two attached hydrogens (primary N) is 1. The molecule has 0 unspecified atom stereocenters. The molecule has 1 saturated carbocycles. The van der Waals surface area contributed by atoms with Crippen LogP contribution in [0.1, 0.15) is 52.8 Å². The number of carbonyl (C=O) groups is 1. The van der Waals surface area contributed by atoms with Gasteiger partial charge in [-0.1, -0.05) is 5.16 Å². The third kappa shape index (κ3) is 2.45. The van der Waals surface area contributed by atoms with Crippen molar-refractivity contribution in [3.8, 4) is 0 Å². The molecular weight excluding hydrogens is 280 g/mol. The molecule has 2 aliphatic rings. The number of anilines is 1. The minimum absolute atomic E-state index is 0.382. The molecule has 6 nitrogen and oxygen atoms in total. The molecule has 1 fully saturated rings. The Labute approximate surface area is 128 Å². The minimum atomic E-state index is -0.382. The van der Waals surface area contributed by atoms with Gasteiger partial charge in [0.1, 0.15) is 0 Å². The molecule has 0 saturated heterocycles. The number of rotatable bonds is 4. The SMILES string of the molecule is NC(=O)c1ccc2c(c1)CCCN2Cc1noc(C2CC2)n1. The largest absolute Gasteiger partial charge is 0.366 e. The van der Waals surface area contributed by atoms with Crippen molar-refractivity contribution in [1.82, 2.24) is 10.1 Å². The lowest BCUT2D eigenvalue weighted by atomic mass is 9.99. The van der Waals surface area contributed by atoms with Crippen molar-refractivity contribution in [1.29, 1.82) is 0 Å². The zero-order valence-corrected chi connectivity index (χ0v) is 12.3. The molecule has 0 atom stereocenters. The van der Waals surface area contributed by atoms with E-state index >= 15 is 0 Å². The van der Waals surface area contributed by atoms with Crippen LogP contribution in [-0.4, -0.2) is 22.6 Å². The summed E-state index contributed by atoms with van der Waals surface area (Å²) in [5.74, 6) is 1.60. The first kappa shape index (κ1) is 13.3. The molecule has 2 N–H and O–H groups in total. The van der Waals surface area contributed by atoms with E-state index in [9.17, 15) is 4.79 Å². The smallest absolute Gasteiger partial charge is 0.248 e. The fraction of sp³-hybridized carbons (Fsp3) is 0.438. The topological polar surface area (TPSA) is 85.3 Å². The van der Waals surface area contributed by atoms with Crippen LogP contribution >= 0.6 is 0 Å². The minimum Gasteiger partial charge on any atom is -0.366 e. The van der Waals surface area contributed by atoms with Gasteiger partial charge in [0, 0.05) is 23.7 Å². The fourth-order valence-electron chi connectivity index (χ4n) is 2.99. The summed E-state index contributed by atoms with van der Waals surface area (Å²) in [6.45, 7) is 1.59. The van der Waals surface area contributed by atoms with Crippen LogP contribution in [-0.2, 0) is 13.0 Å². The third-order valence-corrected chi connectivity index (χ3v) is 4.32. The van der Waals surface area contributed by atoms with E-state index in [-0.39, 0.29) is 5.91 Å². The molecular formula is C16H18N4O2. The molecule has 1 amide bonds. The average molecular weight is 298 g/mol. The highest BCUT2D eigenvalue weighted by Crippen LogP contribution is 2.39. The maximum Gasteiger partial charge on any atom is 0.248 e. The van der Waals surface area contributed by atoms with Gasteiger partial charge in [-0.15, -0.1) is 0 Å². The van der Waals surface area contributed by atoms with E-state index in [2.05, 4.69) is 15.0 Å². The number of aryl methyl sites for hydroxylation is 1. The number of primary amides is 1. The second-order valence-corrected chi connectivity index (χ2v) is 6.06. The second-order valence-electron chi connectivity index (χ2n) is 6.06. The van der Waals surface area contributed by atoms with Gasteiger partial charge in [-0.3, -0.25) is 4.79 Å². The number of aromatic nitrogens is 2. The molecule has 2 aromatic rings. The number of hydrogen-bond donors (Lipinski definition) is 1. The molecule has 1 aliphatic carbocycles. The lowest BCUT2D eigenvalue weighted by Gasteiger charge is -2.30. The molecule has 2 heterocycles. The normalized spacial score (nSPS) is 17.4. The van der Waals surface area contributed by atoms with E-state index in [1.807, 2.05) is 12.1 Å². The number of carbonyl (C=O) groups excluding carboxylic acids is 1. The Balaban J connectivity index is 1.57. The van der Waals surface area contributed by atoms with Crippen molar-refractivity contribution in [2.24, 2.45) is 5.73 Å². The van der Waals surface area contributed by atoms with Crippen molar-refractivity contribution < 1.29 is 9.32 Å². The summed E-state index contributed by atoms with van der Waals surface area (Å²) in [7, 11) is 0. The standard InChI is InChI=1S/C16H18N4O2/c17-15(21)12-5-6-13-11(8-12)2-1-7-20(13)9-14-18-16(22-19-14)10-3-4-10/h5-6,8,10H,1-4,7,9H2,(H2,17,21). The van der Waals surface area contributed by atoms with Crippen molar-refractivity contribution in [3.63, 3.8) is 0 Å². The lowest BCUT2D eigenvalue weighted by Crippen LogP contribution is -2.29. The van der Waals surface area contributed by atoms with E-state index in [0.29, 0.717) is 18.0 Å². The summed E-state index contributed by atoms with van der Waals surface area (Å²) < 4.78 is 5.32. The molecule has 22 heavy (non-hydrogen) atoms. The lowest BCUT2D eigenvalue weighted by molar-refractivity contribution is 0.1000. The molecule has 1 aromatic heterocycles. The monoisotopic (exact) mass is 298 g/mol. The number of hydrogen-bond acceptors (Lipinski definition) is 5. The van der Waals surface area contributed by atoms with E-state index in [1.54, 1.807) is 6.07 Å². The van der Waals surface area contributed by atoms with E-state index < -0.39 is 0 Å². The number of amides is 1. The summed E-state index contributed by atoms with van der Waals surface area (Å²) in [6, 6.07) is 5.65. The molecule has 0 radical (unpaired) electrons. The third-order valence-electron chi connectivity index (χ3n) is 4.32. The summed E-state index contributed by atoms with van der Waals surface area (Å²) in [5, 5.41) is 4.09. The van der Waals surface area contributed by atoms with Crippen molar-refractivity contribution >= 4 is 11.6 Å². The highest BCUT2D eigenvalue weighted by molar-refractivity contribution is 5.93. The molecule has 0 bridgehead atoms. The van der Waals surface area contributed by atoms with E-state index in [0.717, 1.165) is 55.2 Å². The summed E-state index contributed by atoms with van der Waals surface area (Å²) in [5.41, 5.74) is 8.22. The molecule has 6 heteroatoms. The second kappa shape index (κ2) is 5.12. The first-order valence-electron chi connectivity index (χ1n) is 7.71. The van der Waals surface area contributed by atoms with Gasteiger partial charge in [-0.05, 0) is 49.4 Å². The van der Waals surface area contributed by atoms with Gasteiger partial charge in [-0.2, -0.15) is 4.98 Å². The summed E-state index contributed by atoms with van der Waals surface area (Å²) in [6.07, 6.45) is 4.32. The van der Waals surface area contributed by atoms with Gasteiger partial charge in [0.2, 0.25) is 11.8 Å². The zero-order chi connectivity index (χ0) is 15.1. The Morgan fingerprint density at radius 1 is 1.41 bits per heavy atom. The van der Waals surface area contributed by atoms with E-state index in [1.165, 1.54) is 0 Å². The highest BCUT2D eigenvalue weighted by Gasteiger charge is 2.30. The van der Waals surface area contributed by atoms with Crippen LogP contribution in [0, 0.1) is 0 Å². The number of benzene rings is 1. The Kier molecular flexibility index (Phi) is 3.10. The van der Waals surface area contributed by atoms with Crippen LogP contribution in [0.3, 0.4) is 0 Å². The maximum absolute atomic E-state index is 11.3.